The average Bonchev–Trinajstić information content (AvgIpc) is 3.06. The summed E-state index contributed by atoms with van der Waals surface area (Å²) < 4.78 is 5.33. The number of thiophene rings is 1. The molecule has 2 heterocycles. The molecule has 1 aliphatic rings. The molecule has 23 heavy (non-hydrogen) atoms. The topological polar surface area (TPSA) is 24.5 Å². The van der Waals surface area contributed by atoms with Gasteiger partial charge in [-0.2, -0.15) is 0 Å². The fourth-order valence-electron chi connectivity index (χ4n) is 3.30. The molecule has 0 radical (unpaired) electrons. The van der Waals surface area contributed by atoms with Crippen molar-refractivity contribution in [3.8, 4) is 5.75 Å². The van der Waals surface area contributed by atoms with Crippen LogP contribution in [0.4, 0.5) is 0 Å². The van der Waals surface area contributed by atoms with Crippen molar-refractivity contribution < 1.29 is 4.74 Å². The van der Waals surface area contributed by atoms with Crippen molar-refractivity contribution in [2.75, 3.05) is 20.2 Å². The monoisotopic (exact) mass is 330 g/mol. The first kappa shape index (κ1) is 16.5. The average molecular weight is 330 g/mol. The summed E-state index contributed by atoms with van der Waals surface area (Å²) in [6.45, 7) is 6.50. The summed E-state index contributed by atoms with van der Waals surface area (Å²) in [5.41, 5.74) is 2.54. The number of methoxy groups -OCH3 is 1. The lowest BCUT2D eigenvalue weighted by Crippen LogP contribution is -2.44. The van der Waals surface area contributed by atoms with Gasteiger partial charge in [-0.05, 0) is 54.9 Å². The normalized spacial score (nSPS) is 19.0. The molecule has 1 fully saturated rings. The molecule has 1 atom stereocenters. The molecule has 1 aromatic carbocycles. The minimum Gasteiger partial charge on any atom is -0.496 e. The minimum absolute atomic E-state index is 0.589. The summed E-state index contributed by atoms with van der Waals surface area (Å²) in [6, 6.07) is 11.4. The SMILES string of the molecule is COc1ccc(CNC2CCCN(Cc3cccs3)C2)cc1C. The molecule has 0 amide bonds. The Kier molecular flexibility index (Phi) is 5.70. The number of aryl methyl sites for hydroxylation is 1. The predicted octanol–water partition coefficient (Wildman–Crippen LogP) is 3.82. The number of ether oxygens (including phenoxy) is 1. The molecule has 3 nitrogen and oxygen atoms in total. The number of rotatable bonds is 6. The van der Waals surface area contributed by atoms with E-state index in [0.717, 1.165) is 25.4 Å². The van der Waals surface area contributed by atoms with Crippen molar-refractivity contribution >= 4 is 11.3 Å². The molecule has 3 rings (SSSR count). The summed E-state index contributed by atoms with van der Waals surface area (Å²) in [5, 5.41) is 5.90. The molecule has 2 aromatic rings. The van der Waals surface area contributed by atoms with Crippen LogP contribution < -0.4 is 10.1 Å². The molecule has 1 saturated heterocycles. The highest BCUT2D eigenvalue weighted by Crippen LogP contribution is 2.20. The summed E-state index contributed by atoms with van der Waals surface area (Å²) in [4.78, 5) is 4.04. The number of nitrogens with one attached hydrogen (secondary N) is 1. The van der Waals surface area contributed by atoms with E-state index in [2.05, 4.69) is 52.9 Å². The molecule has 1 aliphatic heterocycles. The van der Waals surface area contributed by atoms with E-state index >= 15 is 0 Å². The van der Waals surface area contributed by atoms with Crippen molar-refractivity contribution in [3.05, 3.63) is 51.7 Å². The first-order chi connectivity index (χ1) is 11.2. The van der Waals surface area contributed by atoms with Gasteiger partial charge in [0.15, 0.2) is 0 Å². The predicted molar refractivity (Wildman–Crippen MR) is 97.2 cm³/mol. The zero-order chi connectivity index (χ0) is 16.1. The van der Waals surface area contributed by atoms with Gasteiger partial charge >= 0.3 is 0 Å². The van der Waals surface area contributed by atoms with Crippen molar-refractivity contribution in [1.82, 2.24) is 10.2 Å². The molecule has 1 unspecified atom stereocenters. The quantitative estimate of drug-likeness (QED) is 0.871. The first-order valence-corrected chi connectivity index (χ1v) is 9.24. The largest absolute Gasteiger partial charge is 0.496 e. The van der Waals surface area contributed by atoms with Gasteiger partial charge in [-0.1, -0.05) is 18.2 Å². The highest BCUT2D eigenvalue weighted by molar-refractivity contribution is 7.09. The second-order valence-electron chi connectivity index (χ2n) is 6.34. The molecule has 124 valence electrons. The standard InChI is InChI=1S/C19H26N2OS/c1-15-11-16(7-8-19(15)22-2)12-20-17-5-3-9-21(13-17)14-18-6-4-10-23-18/h4,6-8,10-11,17,20H,3,5,9,12-14H2,1-2H3. The second kappa shape index (κ2) is 7.95. The maximum absolute atomic E-state index is 5.33. The van der Waals surface area contributed by atoms with Gasteiger partial charge in [-0.3, -0.25) is 4.90 Å². The van der Waals surface area contributed by atoms with Crippen LogP contribution in [0.15, 0.2) is 35.7 Å². The van der Waals surface area contributed by atoms with Crippen LogP contribution in [0.1, 0.15) is 28.8 Å². The van der Waals surface area contributed by atoms with Gasteiger partial charge in [-0.15, -0.1) is 11.3 Å². The zero-order valence-corrected chi connectivity index (χ0v) is 14.9. The molecular formula is C19H26N2OS. The molecule has 0 spiro atoms. The number of nitrogens with zero attached hydrogens (tertiary/aromatic N) is 1. The Morgan fingerprint density at radius 1 is 1.35 bits per heavy atom. The Bertz CT molecular complexity index is 612. The van der Waals surface area contributed by atoms with Gasteiger partial charge in [0.2, 0.25) is 0 Å². The third-order valence-electron chi connectivity index (χ3n) is 4.52. The van der Waals surface area contributed by atoms with E-state index in [9.17, 15) is 0 Å². The third-order valence-corrected chi connectivity index (χ3v) is 5.38. The molecule has 0 saturated carbocycles. The number of piperidine rings is 1. The second-order valence-corrected chi connectivity index (χ2v) is 7.37. The van der Waals surface area contributed by atoms with Crippen molar-refractivity contribution in [3.63, 3.8) is 0 Å². The maximum Gasteiger partial charge on any atom is 0.121 e. The molecule has 1 aromatic heterocycles. The molecule has 1 N–H and O–H groups in total. The van der Waals surface area contributed by atoms with E-state index in [0.29, 0.717) is 6.04 Å². The number of benzene rings is 1. The van der Waals surface area contributed by atoms with Gasteiger partial charge in [-0.25, -0.2) is 0 Å². The minimum atomic E-state index is 0.589. The van der Waals surface area contributed by atoms with E-state index in [1.807, 2.05) is 11.3 Å². The van der Waals surface area contributed by atoms with Crippen molar-refractivity contribution in [2.45, 2.75) is 38.9 Å². The Hall–Kier alpha value is -1.36. The Morgan fingerprint density at radius 3 is 3.00 bits per heavy atom. The van der Waals surface area contributed by atoms with Gasteiger partial charge in [0, 0.05) is 30.6 Å². The molecular weight excluding hydrogens is 304 g/mol. The van der Waals surface area contributed by atoms with Crippen LogP contribution in [0.3, 0.4) is 0 Å². The zero-order valence-electron chi connectivity index (χ0n) is 14.0. The van der Waals surface area contributed by atoms with Gasteiger partial charge in [0.25, 0.3) is 0 Å². The van der Waals surface area contributed by atoms with Gasteiger partial charge in [0.1, 0.15) is 5.75 Å². The third kappa shape index (κ3) is 4.56. The summed E-state index contributed by atoms with van der Waals surface area (Å²) >= 11 is 1.86. The first-order valence-electron chi connectivity index (χ1n) is 8.36. The van der Waals surface area contributed by atoms with Crippen molar-refractivity contribution in [2.24, 2.45) is 0 Å². The lowest BCUT2D eigenvalue weighted by molar-refractivity contribution is 0.184. The van der Waals surface area contributed by atoms with Crippen molar-refractivity contribution in [1.29, 1.82) is 0 Å². The fraction of sp³-hybridized carbons (Fsp3) is 0.474. The highest BCUT2D eigenvalue weighted by Gasteiger charge is 2.19. The number of likely N-dealkylation sites (tertiary alicyclic amines) is 1. The van der Waals surface area contributed by atoms with Crippen LogP contribution in [-0.4, -0.2) is 31.1 Å². The van der Waals surface area contributed by atoms with E-state index in [1.54, 1.807) is 7.11 Å². The van der Waals surface area contributed by atoms with Crippen LogP contribution in [0.5, 0.6) is 5.75 Å². The number of hydrogen-bond acceptors (Lipinski definition) is 4. The van der Waals surface area contributed by atoms with Crippen LogP contribution in [0, 0.1) is 6.92 Å². The summed E-state index contributed by atoms with van der Waals surface area (Å²) in [7, 11) is 1.73. The lowest BCUT2D eigenvalue weighted by atomic mass is 10.0. The van der Waals surface area contributed by atoms with Crippen LogP contribution >= 0.6 is 11.3 Å². The van der Waals surface area contributed by atoms with E-state index in [1.165, 1.54) is 35.4 Å². The van der Waals surface area contributed by atoms with Gasteiger partial charge in [0.05, 0.1) is 7.11 Å². The number of hydrogen-bond donors (Lipinski definition) is 1. The smallest absolute Gasteiger partial charge is 0.121 e. The lowest BCUT2D eigenvalue weighted by Gasteiger charge is -2.33. The van der Waals surface area contributed by atoms with Gasteiger partial charge < -0.3 is 10.1 Å². The van der Waals surface area contributed by atoms with E-state index < -0.39 is 0 Å². The fourth-order valence-corrected chi connectivity index (χ4v) is 4.05. The molecule has 0 aliphatic carbocycles. The van der Waals surface area contributed by atoms with Crippen LogP contribution in [0.25, 0.3) is 0 Å². The molecule has 0 bridgehead atoms. The summed E-state index contributed by atoms with van der Waals surface area (Å²) in [6.07, 6.45) is 2.56. The maximum atomic E-state index is 5.33. The van der Waals surface area contributed by atoms with Crippen LogP contribution in [-0.2, 0) is 13.1 Å². The Morgan fingerprint density at radius 2 is 2.26 bits per heavy atom. The van der Waals surface area contributed by atoms with Crippen LogP contribution in [0.2, 0.25) is 0 Å². The summed E-state index contributed by atoms with van der Waals surface area (Å²) in [5.74, 6) is 0.966. The Balaban J connectivity index is 1.50. The molecule has 4 heteroatoms. The Labute approximate surface area is 143 Å². The van der Waals surface area contributed by atoms with E-state index in [4.69, 9.17) is 4.74 Å². The van der Waals surface area contributed by atoms with E-state index in [-0.39, 0.29) is 0 Å². The highest BCUT2D eigenvalue weighted by atomic mass is 32.1.